The third-order valence-corrected chi connectivity index (χ3v) is 4.97. The van der Waals surface area contributed by atoms with Gasteiger partial charge in [0, 0.05) is 41.5 Å². The smallest absolute Gasteiger partial charge is 0.297 e. The highest BCUT2D eigenvalue weighted by Crippen LogP contribution is 2.36. The summed E-state index contributed by atoms with van der Waals surface area (Å²) in [6.07, 6.45) is 0.303. The molecule has 0 heterocycles. The van der Waals surface area contributed by atoms with Gasteiger partial charge in [0.25, 0.3) is 5.54 Å². The van der Waals surface area contributed by atoms with E-state index in [1.54, 1.807) is 7.05 Å². The largest absolute Gasteiger partial charge is 0.446 e. The molecule has 0 aromatic carbocycles. The van der Waals surface area contributed by atoms with Crippen molar-refractivity contribution < 1.29 is 14.6 Å². The average Bonchev–Trinajstić information content (AvgIpc) is 2.24. The van der Waals surface area contributed by atoms with Crippen LogP contribution < -0.4 is 0 Å². The van der Waals surface area contributed by atoms with E-state index in [2.05, 4.69) is 9.99 Å². The van der Waals surface area contributed by atoms with Crippen LogP contribution in [0.4, 0.5) is 4.79 Å². The minimum absolute atomic E-state index is 0.00389. The van der Waals surface area contributed by atoms with Gasteiger partial charge >= 0.3 is 6.09 Å². The van der Waals surface area contributed by atoms with E-state index in [1.807, 2.05) is 20.8 Å². The number of carbonyl (C=O) groups excluding carboxylic acids is 1. The Hall–Kier alpha value is -0.960. The SMILES string of the molecule is CN(SSC(C)(C)C)C(=O)ON=CC(C)(C)[N+](=O)[O-]. The molecule has 0 aromatic heterocycles. The summed E-state index contributed by atoms with van der Waals surface area (Å²) >= 11 is 0. The van der Waals surface area contributed by atoms with Crippen LogP contribution in [0.25, 0.3) is 0 Å². The number of rotatable bonds is 5. The summed E-state index contributed by atoms with van der Waals surface area (Å²) in [4.78, 5) is 26.2. The van der Waals surface area contributed by atoms with Gasteiger partial charge in [-0.25, -0.2) is 9.10 Å². The Bertz CT molecular complexity index is 366. The van der Waals surface area contributed by atoms with Crippen LogP contribution in [-0.2, 0) is 4.84 Å². The standard InChI is InChI=1S/C10H19N3O4S2/c1-9(2,3)18-19-12(6)8(14)17-11-7-10(4,5)13(15)16/h7H,1-6H3. The minimum Gasteiger partial charge on any atom is -0.297 e. The Kier molecular flexibility index (Phi) is 6.64. The quantitative estimate of drug-likeness (QED) is 0.194. The molecule has 0 bridgehead atoms. The molecular formula is C10H19N3O4S2. The van der Waals surface area contributed by atoms with Crippen LogP contribution in [0.5, 0.6) is 0 Å². The van der Waals surface area contributed by atoms with Gasteiger partial charge in [0.15, 0.2) is 0 Å². The Labute approximate surface area is 120 Å². The van der Waals surface area contributed by atoms with Crippen molar-refractivity contribution in [2.24, 2.45) is 5.16 Å². The number of nitro groups is 1. The first-order valence-electron chi connectivity index (χ1n) is 5.45. The first-order chi connectivity index (χ1) is 8.46. The third kappa shape index (κ3) is 7.93. The molecule has 0 saturated heterocycles. The number of nitrogens with zero attached hydrogens (tertiary/aromatic N) is 3. The Morgan fingerprint density at radius 3 is 2.32 bits per heavy atom. The number of hydrogen-bond donors (Lipinski definition) is 0. The van der Waals surface area contributed by atoms with Crippen LogP contribution >= 0.6 is 21.8 Å². The molecule has 19 heavy (non-hydrogen) atoms. The molecule has 0 aliphatic rings. The molecule has 0 rings (SSSR count). The molecule has 0 radical (unpaired) electrons. The highest BCUT2D eigenvalue weighted by Gasteiger charge is 2.28. The summed E-state index contributed by atoms with van der Waals surface area (Å²) in [6, 6.07) is 0. The Balaban J connectivity index is 4.25. The van der Waals surface area contributed by atoms with E-state index in [-0.39, 0.29) is 4.75 Å². The first-order valence-corrected chi connectivity index (χ1v) is 7.56. The van der Waals surface area contributed by atoms with Gasteiger partial charge in [0.05, 0.1) is 0 Å². The summed E-state index contributed by atoms with van der Waals surface area (Å²) in [6.45, 7) is 8.77. The number of amides is 1. The van der Waals surface area contributed by atoms with Crippen LogP contribution in [0.1, 0.15) is 34.6 Å². The molecule has 9 heteroatoms. The summed E-state index contributed by atoms with van der Waals surface area (Å²) < 4.78 is 1.27. The van der Waals surface area contributed by atoms with Crippen molar-refractivity contribution in [3.05, 3.63) is 10.1 Å². The van der Waals surface area contributed by atoms with Crippen molar-refractivity contribution in [2.45, 2.75) is 44.9 Å². The monoisotopic (exact) mass is 309 g/mol. The Morgan fingerprint density at radius 2 is 1.89 bits per heavy atom. The highest BCUT2D eigenvalue weighted by atomic mass is 33.1. The highest BCUT2D eigenvalue weighted by molar-refractivity contribution is 8.76. The molecule has 0 unspecified atom stereocenters. The van der Waals surface area contributed by atoms with Gasteiger partial charge in [-0.1, -0.05) is 36.7 Å². The van der Waals surface area contributed by atoms with Gasteiger partial charge in [0.2, 0.25) is 0 Å². The molecule has 0 spiro atoms. The normalized spacial score (nSPS) is 12.5. The minimum atomic E-state index is -1.37. The summed E-state index contributed by atoms with van der Waals surface area (Å²) in [5, 5.41) is 13.9. The van der Waals surface area contributed by atoms with E-state index in [0.717, 1.165) is 6.21 Å². The van der Waals surface area contributed by atoms with Crippen LogP contribution in [0, 0.1) is 10.1 Å². The molecule has 0 aromatic rings. The lowest BCUT2D eigenvalue weighted by molar-refractivity contribution is -0.536. The predicted molar refractivity (Wildman–Crippen MR) is 78.7 cm³/mol. The fourth-order valence-electron chi connectivity index (χ4n) is 0.503. The lowest BCUT2D eigenvalue weighted by Crippen LogP contribution is -2.32. The maximum absolute atomic E-state index is 11.5. The maximum atomic E-state index is 11.5. The van der Waals surface area contributed by atoms with Crippen LogP contribution in [0.3, 0.4) is 0 Å². The molecular weight excluding hydrogens is 290 g/mol. The zero-order chi connectivity index (χ0) is 15.3. The van der Waals surface area contributed by atoms with Gasteiger partial charge in [-0.05, 0) is 0 Å². The van der Waals surface area contributed by atoms with E-state index < -0.39 is 16.6 Å². The molecule has 1 amide bonds. The van der Waals surface area contributed by atoms with Crippen molar-refractivity contribution >= 4 is 34.1 Å². The molecule has 0 saturated carbocycles. The second-order valence-corrected chi connectivity index (χ2v) is 8.31. The first kappa shape index (κ1) is 18.0. The lowest BCUT2D eigenvalue weighted by atomic mass is 10.1. The van der Waals surface area contributed by atoms with E-state index >= 15 is 0 Å². The van der Waals surface area contributed by atoms with E-state index in [9.17, 15) is 14.9 Å². The van der Waals surface area contributed by atoms with Gasteiger partial charge in [0.1, 0.15) is 6.21 Å². The van der Waals surface area contributed by atoms with Gasteiger partial charge in [-0.15, -0.1) is 0 Å². The summed E-state index contributed by atoms with van der Waals surface area (Å²) in [5.74, 6) is 0. The number of oxime groups is 1. The molecule has 0 aliphatic carbocycles. The van der Waals surface area contributed by atoms with Crippen LogP contribution in [0.15, 0.2) is 5.16 Å². The van der Waals surface area contributed by atoms with E-state index in [4.69, 9.17) is 0 Å². The second kappa shape index (κ2) is 6.99. The lowest BCUT2D eigenvalue weighted by Gasteiger charge is -2.20. The van der Waals surface area contributed by atoms with Gasteiger partial charge in [-0.2, -0.15) is 0 Å². The van der Waals surface area contributed by atoms with E-state index in [1.165, 1.54) is 39.9 Å². The average molecular weight is 309 g/mol. The molecule has 7 nitrogen and oxygen atoms in total. The van der Waals surface area contributed by atoms with Crippen molar-refractivity contribution in [2.75, 3.05) is 7.05 Å². The molecule has 0 aliphatic heterocycles. The molecule has 110 valence electrons. The van der Waals surface area contributed by atoms with Crippen molar-refractivity contribution in [3.8, 4) is 0 Å². The molecule has 0 atom stereocenters. The van der Waals surface area contributed by atoms with Crippen molar-refractivity contribution in [3.63, 3.8) is 0 Å². The maximum Gasteiger partial charge on any atom is 0.446 e. The predicted octanol–water partition coefficient (Wildman–Crippen LogP) is 3.19. The topological polar surface area (TPSA) is 85.0 Å². The number of hydrogen-bond acceptors (Lipinski definition) is 7. The van der Waals surface area contributed by atoms with Crippen molar-refractivity contribution in [1.29, 1.82) is 0 Å². The fourth-order valence-corrected chi connectivity index (χ4v) is 2.12. The zero-order valence-corrected chi connectivity index (χ0v) is 13.5. The van der Waals surface area contributed by atoms with Crippen LogP contribution in [-0.4, -0.2) is 38.9 Å². The number of carbonyl (C=O) groups is 1. The van der Waals surface area contributed by atoms with Gasteiger partial charge in [-0.3, -0.25) is 15.0 Å². The Morgan fingerprint density at radius 1 is 1.37 bits per heavy atom. The zero-order valence-electron chi connectivity index (χ0n) is 11.9. The molecule has 0 N–H and O–H groups in total. The van der Waals surface area contributed by atoms with E-state index in [0.29, 0.717) is 0 Å². The third-order valence-electron chi connectivity index (χ3n) is 1.63. The molecule has 0 fully saturated rings. The van der Waals surface area contributed by atoms with Crippen molar-refractivity contribution in [1.82, 2.24) is 4.31 Å². The fraction of sp³-hybridized carbons (Fsp3) is 0.800. The van der Waals surface area contributed by atoms with Gasteiger partial charge < -0.3 is 0 Å². The summed E-state index contributed by atoms with van der Waals surface area (Å²) in [7, 11) is 4.26. The summed E-state index contributed by atoms with van der Waals surface area (Å²) in [5.41, 5.74) is -1.37. The second-order valence-electron chi connectivity index (χ2n) is 5.27. The van der Waals surface area contributed by atoms with Crippen LogP contribution in [0.2, 0.25) is 0 Å².